The van der Waals surface area contributed by atoms with Gasteiger partial charge in [0.2, 0.25) is 0 Å². The standard InChI is InChI=1S/C22H44O3/c1-5-6-7-8-9-10-11-12-14-17-20(23)18-15-13-16-19-21(24)25-22(2,3)4/h20,23H,5-19H2,1-4H3. The van der Waals surface area contributed by atoms with E-state index in [1.54, 1.807) is 0 Å². The quantitative estimate of drug-likeness (QED) is 0.251. The summed E-state index contributed by atoms with van der Waals surface area (Å²) in [6.45, 7) is 7.95. The topological polar surface area (TPSA) is 46.5 Å². The van der Waals surface area contributed by atoms with E-state index in [2.05, 4.69) is 6.92 Å². The minimum absolute atomic E-state index is 0.109. The fourth-order valence-electron chi connectivity index (χ4n) is 3.05. The minimum atomic E-state index is -0.386. The van der Waals surface area contributed by atoms with E-state index in [0.29, 0.717) is 6.42 Å². The molecule has 0 saturated carbocycles. The molecule has 0 spiro atoms. The first-order valence-electron chi connectivity index (χ1n) is 10.7. The average molecular weight is 357 g/mol. The lowest BCUT2D eigenvalue weighted by Gasteiger charge is -2.19. The zero-order valence-electron chi connectivity index (χ0n) is 17.4. The lowest BCUT2D eigenvalue weighted by Crippen LogP contribution is -2.23. The van der Waals surface area contributed by atoms with Gasteiger partial charge in [0.25, 0.3) is 0 Å². The third-order valence-electron chi connectivity index (χ3n) is 4.48. The normalized spacial score (nSPS) is 13.0. The van der Waals surface area contributed by atoms with Crippen molar-refractivity contribution in [3.8, 4) is 0 Å². The van der Waals surface area contributed by atoms with Crippen molar-refractivity contribution in [3.05, 3.63) is 0 Å². The highest BCUT2D eigenvalue weighted by Gasteiger charge is 2.15. The Labute approximate surface area is 156 Å². The third kappa shape index (κ3) is 19.6. The van der Waals surface area contributed by atoms with Crippen LogP contribution in [0.25, 0.3) is 0 Å². The Kier molecular flexibility index (Phi) is 15.3. The van der Waals surface area contributed by atoms with Crippen LogP contribution in [0.2, 0.25) is 0 Å². The molecule has 25 heavy (non-hydrogen) atoms. The number of aliphatic hydroxyl groups is 1. The first kappa shape index (κ1) is 24.4. The van der Waals surface area contributed by atoms with Crippen LogP contribution in [-0.2, 0) is 9.53 Å². The van der Waals surface area contributed by atoms with Gasteiger partial charge < -0.3 is 9.84 Å². The monoisotopic (exact) mass is 356 g/mol. The predicted octanol–water partition coefficient (Wildman–Crippen LogP) is 6.56. The lowest BCUT2D eigenvalue weighted by atomic mass is 10.0. The van der Waals surface area contributed by atoms with Crippen LogP contribution in [0.5, 0.6) is 0 Å². The van der Waals surface area contributed by atoms with Gasteiger partial charge in [-0.3, -0.25) is 4.79 Å². The molecule has 0 aromatic carbocycles. The van der Waals surface area contributed by atoms with Crippen LogP contribution in [0.15, 0.2) is 0 Å². The van der Waals surface area contributed by atoms with E-state index in [0.717, 1.165) is 38.5 Å². The largest absolute Gasteiger partial charge is 0.460 e. The molecule has 1 atom stereocenters. The number of carbonyl (C=O) groups excluding carboxylic acids is 1. The molecular weight excluding hydrogens is 312 g/mol. The first-order valence-corrected chi connectivity index (χ1v) is 10.7. The van der Waals surface area contributed by atoms with Gasteiger partial charge in [-0.25, -0.2) is 0 Å². The van der Waals surface area contributed by atoms with Gasteiger partial charge in [-0.2, -0.15) is 0 Å². The van der Waals surface area contributed by atoms with Crippen LogP contribution >= 0.6 is 0 Å². The predicted molar refractivity (Wildman–Crippen MR) is 107 cm³/mol. The van der Waals surface area contributed by atoms with Crippen LogP contribution in [0.4, 0.5) is 0 Å². The Morgan fingerprint density at radius 1 is 0.800 bits per heavy atom. The van der Waals surface area contributed by atoms with Gasteiger partial charge in [0, 0.05) is 6.42 Å². The number of unbranched alkanes of at least 4 members (excludes halogenated alkanes) is 10. The number of hydrogen-bond acceptors (Lipinski definition) is 3. The molecule has 0 aliphatic carbocycles. The van der Waals surface area contributed by atoms with Crippen LogP contribution in [0.1, 0.15) is 124 Å². The van der Waals surface area contributed by atoms with Crippen LogP contribution in [0.3, 0.4) is 0 Å². The van der Waals surface area contributed by atoms with Gasteiger partial charge in [0.05, 0.1) is 6.10 Å². The molecule has 1 N–H and O–H groups in total. The maximum absolute atomic E-state index is 11.6. The molecule has 0 aliphatic heterocycles. The van der Waals surface area contributed by atoms with Gasteiger partial charge in [-0.1, -0.05) is 77.6 Å². The fourth-order valence-corrected chi connectivity index (χ4v) is 3.05. The molecule has 0 rings (SSSR count). The Balaban J connectivity index is 3.33. The molecule has 0 fully saturated rings. The highest BCUT2D eigenvalue weighted by atomic mass is 16.6. The van der Waals surface area contributed by atoms with Crippen molar-refractivity contribution in [3.63, 3.8) is 0 Å². The van der Waals surface area contributed by atoms with E-state index in [1.165, 1.54) is 51.4 Å². The molecule has 0 amide bonds. The first-order chi connectivity index (χ1) is 11.8. The molecule has 3 nitrogen and oxygen atoms in total. The van der Waals surface area contributed by atoms with Crippen LogP contribution < -0.4 is 0 Å². The summed E-state index contributed by atoms with van der Waals surface area (Å²) < 4.78 is 5.29. The molecule has 1 unspecified atom stereocenters. The van der Waals surface area contributed by atoms with Gasteiger partial charge >= 0.3 is 5.97 Å². The van der Waals surface area contributed by atoms with Crippen LogP contribution in [-0.4, -0.2) is 22.8 Å². The van der Waals surface area contributed by atoms with Gasteiger partial charge in [-0.05, 0) is 40.0 Å². The minimum Gasteiger partial charge on any atom is -0.460 e. The van der Waals surface area contributed by atoms with Crippen molar-refractivity contribution < 1.29 is 14.6 Å². The molecule has 0 bridgehead atoms. The molecule has 0 aliphatic rings. The second-order valence-electron chi connectivity index (χ2n) is 8.46. The molecule has 0 radical (unpaired) electrons. The van der Waals surface area contributed by atoms with Crippen LogP contribution in [0, 0.1) is 0 Å². The highest BCUT2D eigenvalue weighted by molar-refractivity contribution is 5.69. The fraction of sp³-hybridized carbons (Fsp3) is 0.955. The van der Waals surface area contributed by atoms with E-state index in [-0.39, 0.29) is 17.7 Å². The van der Waals surface area contributed by atoms with Crippen molar-refractivity contribution in [1.29, 1.82) is 0 Å². The van der Waals surface area contributed by atoms with E-state index in [4.69, 9.17) is 4.74 Å². The Morgan fingerprint density at radius 3 is 1.72 bits per heavy atom. The zero-order valence-corrected chi connectivity index (χ0v) is 17.4. The number of ether oxygens (including phenoxy) is 1. The Hall–Kier alpha value is -0.570. The Bertz CT molecular complexity index is 307. The van der Waals surface area contributed by atoms with E-state index >= 15 is 0 Å². The summed E-state index contributed by atoms with van der Waals surface area (Å²) in [5, 5.41) is 10.0. The summed E-state index contributed by atoms with van der Waals surface area (Å²) in [5.74, 6) is -0.109. The second kappa shape index (κ2) is 15.7. The number of carbonyl (C=O) groups is 1. The number of rotatable bonds is 16. The summed E-state index contributed by atoms with van der Waals surface area (Å²) in [5.41, 5.74) is -0.386. The Morgan fingerprint density at radius 2 is 1.24 bits per heavy atom. The van der Waals surface area contributed by atoms with E-state index in [9.17, 15) is 9.90 Å². The van der Waals surface area contributed by atoms with E-state index < -0.39 is 0 Å². The molecule has 150 valence electrons. The van der Waals surface area contributed by atoms with E-state index in [1.807, 2.05) is 20.8 Å². The molecule has 0 heterocycles. The molecule has 0 aromatic rings. The van der Waals surface area contributed by atoms with Gasteiger partial charge in [0.1, 0.15) is 5.60 Å². The molecule has 3 heteroatoms. The SMILES string of the molecule is CCCCCCCCCCCC(O)CCCCCC(=O)OC(C)(C)C. The third-order valence-corrected chi connectivity index (χ3v) is 4.48. The maximum atomic E-state index is 11.6. The van der Waals surface area contributed by atoms with Crippen molar-refractivity contribution in [2.24, 2.45) is 0 Å². The van der Waals surface area contributed by atoms with Gasteiger partial charge in [0.15, 0.2) is 0 Å². The summed E-state index contributed by atoms with van der Waals surface area (Å²) in [6, 6.07) is 0. The molecular formula is C22H44O3. The lowest BCUT2D eigenvalue weighted by molar-refractivity contribution is -0.154. The zero-order chi connectivity index (χ0) is 19.0. The molecule has 0 saturated heterocycles. The summed E-state index contributed by atoms with van der Waals surface area (Å²) >= 11 is 0. The van der Waals surface area contributed by atoms with Crippen molar-refractivity contribution >= 4 is 5.97 Å². The second-order valence-corrected chi connectivity index (χ2v) is 8.46. The van der Waals surface area contributed by atoms with Crippen molar-refractivity contribution in [2.45, 2.75) is 136 Å². The summed E-state index contributed by atoms with van der Waals surface area (Å²) in [4.78, 5) is 11.6. The molecule has 0 aromatic heterocycles. The number of aliphatic hydroxyl groups excluding tert-OH is 1. The number of esters is 1. The summed E-state index contributed by atoms with van der Waals surface area (Å²) in [7, 11) is 0. The average Bonchev–Trinajstić information content (AvgIpc) is 2.51. The smallest absolute Gasteiger partial charge is 0.306 e. The highest BCUT2D eigenvalue weighted by Crippen LogP contribution is 2.15. The van der Waals surface area contributed by atoms with Crippen molar-refractivity contribution in [2.75, 3.05) is 0 Å². The summed E-state index contributed by atoms with van der Waals surface area (Å²) in [6.07, 6.45) is 16.9. The maximum Gasteiger partial charge on any atom is 0.306 e. The number of hydrogen-bond donors (Lipinski definition) is 1. The van der Waals surface area contributed by atoms with Crippen molar-refractivity contribution in [1.82, 2.24) is 0 Å². The van der Waals surface area contributed by atoms with Gasteiger partial charge in [-0.15, -0.1) is 0 Å².